The molecule has 1 aromatic heterocycles. The minimum Gasteiger partial charge on any atom is -0.423 e. The summed E-state index contributed by atoms with van der Waals surface area (Å²) in [6.07, 6.45) is -0.626. The predicted octanol–water partition coefficient (Wildman–Crippen LogP) is -2.35. The average Bonchev–Trinajstić information content (AvgIpc) is 3.24. The van der Waals surface area contributed by atoms with E-state index < -0.39 is 72.8 Å². The lowest BCUT2D eigenvalue weighted by Gasteiger charge is -2.19. The molecule has 24 heteroatoms. The highest BCUT2D eigenvalue weighted by Crippen LogP contribution is 2.66. The summed E-state index contributed by atoms with van der Waals surface area (Å²) < 4.78 is 52.0. The number of amides is 1. The van der Waals surface area contributed by atoms with Gasteiger partial charge in [0.15, 0.2) is 0 Å². The monoisotopic (exact) mass is 671 g/mol. The number of nitrogens with one attached hydrogen (secondary N) is 2. The number of carbonyl (C=O) groups is 1. The lowest BCUT2D eigenvalue weighted by atomic mass is 9.80. The number of ether oxygens (including phenoxy) is 1. The Balaban J connectivity index is 1.61. The number of aromatic nitrogens is 2. The Kier molecular flexibility index (Phi) is 11.4. The molecule has 1 aromatic carbocycles. The third-order valence-corrected chi connectivity index (χ3v) is 9.28. The van der Waals surface area contributed by atoms with Gasteiger partial charge in [-0.1, -0.05) is 24.3 Å². The summed E-state index contributed by atoms with van der Waals surface area (Å²) >= 11 is 0. The topological polar surface area (TPSA) is 314 Å². The first kappa shape index (κ1) is 34.9. The van der Waals surface area contributed by atoms with Gasteiger partial charge in [0.25, 0.3) is 11.5 Å². The van der Waals surface area contributed by atoms with E-state index in [0.29, 0.717) is 0 Å². The van der Waals surface area contributed by atoms with Gasteiger partial charge in [-0.25, -0.2) is 18.5 Å². The maximum atomic E-state index is 12.4. The highest BCUT2D eigenvalue weighted by atomic mass is 31.3. The summed E-state index contributed by atoms with van der Waals surface area (Å²) in [5, 5.41) is 31.0. The van der Waals surface area contributed by atoms with E-state index in [1.165, 1.54) is 36.4 Å². The van der Waals surface area contributed by atoms with Gasteiger partial charge < -0.3 is 44.8 Å². The van der Waals surface area contributed by atoms with E-state index in [2.05, 4.69) is 18.5 Å². The van der Waals surface area contributed by atoms with Crippen LogP contribution in [0.3, 0.4) is 0 Å². The Hall–Kier alpha value is -2.58. The quantitative estimate of drug-likeness (QED) is 0.0795. The molecule has 2 heterocycles. The molecule has 9 N–H and O–H groups in total. The lowest BCUT2D eigenvalue weighted by Crippen LogP contribution is -2.33. The molecule has 0 aliphatic carbocycles. The van der Waals surface area contributed by atoms with Crippen LogP contribution in [0.1, 0.15) is 28.6 Å². The Morgan fingerprint density at radius 3 is 2.35 bits per heavy atom. The first-order valence-corrected chi connectivity index (χ1v) is 16.3. The van der Waals surface area contributed by atoms with Gasteiger partial charge in [-0.05, 0) is 17.6 Å². The molecule has 236 valence electrons. The minimum absolute atomic E-state index is 0.0525. The van der Waals surface area contributed by atoms with Crippen molar-refractivity contribution in [1.29, 1.82) is 0 Å². The van der Waals surface area contributed by atoms with E-state index in [0.717, 1.165) is 10.8 Å². The maximum absolute atomic E-state index is 12.4. The second kappa shape index (κ2) is 14.0. The summed E-state index contributed by atoms with van der Waals surface area (Å²) in [6.45, 7) is -1.02. The van der Waals surface area contributed by atoms with Crippen LogP contribution in [0.15, 0.2) is 46.1 Å². The van der Waals surface area contributed by atoms with Crippen LogP contribution in [-0.2, 0) is 31.6 Å². The minimum atomic E-state index is -5.76. The fraction of sp³-hybridized carbons (Fsp3) is 0.316. The number of carbonyl (C=O) groups excluding carboxylic acids is 1. The molecule has 5 atom stereocenters. The number of H-pyrrole nitrogens is 1. The first-order valence-electron chi connectivity index (χ1n) is 11.7. The second-order valence-electron chi connectivity index (χ2n) is 8.68. The highest BCUT2D eigenvalue weighted by Gasteiger charge is 2.43. The molecule has 2 aromatic rings. The van der Waals surface area contributed by atoms with Crippen molar-refractivity contribution >= 4 is 48.0 Å². The van der Waals surface area contributed by atoms with Gasteiger partial charge in [-0.2, -0.15) is 8.62 Å². The highest BCUT2D eigenvalue weighted by molar-refractivity contribution is 7.66. The van der Waals surface area contributed by atoms with Gasteiger partial charge in [-0.15, -0.1) is 0 Å². The largest absolute Gasteiger partial charge is 0.490 e. The van der Waals surface area contributed by atoms with E-state index in [1.54, 1.807) is 0 Å². The third kappa shape index (κ3) is 10.5. The fourth-order valence-electron chi connectivity index (χ4n) is 3.59. The molecule has 0 spiro atoms. The number of phosphoric ester groups is 1. The zero-order chi connectivity index (χ0) is 32.2. The van der Waals surface area contributed by atoms with Crippen LogP contribution in [-0.4, -0.2) is 82.7 Å². The Labute approximate surface area is 240 Å². The number of phosphoric acid groups is 3. The predicted molar refractivity (Wildman–Crippen MR) is 143 cm³/mol. The van der Waals surface area contributed by atoms with E-state index in [9.17, 15) is 43.0 Å². The van der Waals surface area contributed by atoms with Gasteiger partial charge in [0, 0.05) is 24.7 Å². The normalized spacial score (nSPS) is 21.8. The summed E-state index contributed by atoms with van der Waals surface area (Å²) in [7, 11) is -18.5. The Bertz CT molecular complexity index is 1600. The number of rotatable bonds is 13. The molecular formula is C19H25BN3O17P3. The summed E-state index contributed by atoms with van der Waals surface area (Å²) in [5.74, 6) is -0.502. The molecular weight excluding hydrogens is 646 g/mol. The zero-order valence-electron chi connectivity index (χ0n) is 21.5. The number of aliphatic hydroxyl groups excluding tert-OH is 1. The lowest BCUT2D eigenvalue weighted by molar-refractivity contribution is -0.0450. The van der Waals surface area contributed by atoms with Crippen LogP contribution in [0.2, 0.25) is 0 Å². The molecule has 20 nitrogen and oxygen atoms in total. The molecule has 43 heavy (non-hydrogen) atoms. The van der Waals surface area contributed by atoms with Crippen molar-refractivity contribution in [1.82, 2.24) is 14.9 Å². The van der Waals surface area contributed by atoms with Crippen molar-refractivity contribution in [3.8, 4) is 0 Å². The van der Waals surface area contributed by atoms with Crippen molar-refractivity contribution < 1.29 is 71.1 Å². The maximum Gasteiger partial charge on any atom is 0.490 e. The van der Waals surface area contributed by atoms with Gasteiger partial charge in [0.2, 0.25) is 0 Å². The van der Waals surface area contributed by atoms with Gasteiger partial charge in [0.1, 0.15) is 12.3 Å². The molecule has 0 bridgehead atoms. The van der Waals surface area contributed by atoms with Gasteiger partial charge >= 0.3 is 36.3 Å². The molecule has 1 amide bonds. The van der Waals surface area contributed by atoms with Crippen LogP contribution < -0.4 is 22.0 Å². The number of hydrogen-bond donors (Lipinski definition) is 9. The smallest absolute Gasteiger partial charge is 0.423 e. The van der Waals surface area contributed by atoms with Crippen molar-refractivity contribution in [2.75, 3.05) is 13.2 Å². The van der Waals surface area contributed by atoms with Crippen LogP contribution in [0, 0.1) is 0 Å². The fourth-order valence-corrected chi connectivity index (χ4v) is 6.62. The van der Waals surface area contributed by atoms with E-state index in [4.69, 9.17) is 24.6 Å². The Morgan fingerprint density at radius 1 is 1.09 bits per heavy atom. The number of aliphatic hydroxyl groups is 1. The summed E-state index contributed by atoms with van der Waals surface area (Å²) in [6, 6.07) is 5.46. The van der Waals surface area contributed by atoms with Gasteiger partial charge in [-0.3, -0.25) is 23.7 Å². The number of benzene rings is 1. The van der Waals surface area contributed by atoms with Crippen molar-refractivity contribution in [2.24, 2.45) is 0 Å². The zero-order valence-corrected chi connectivity index (χ0v) is 24.2. The molecule has 1 saturated heterocycles. The molecule has 1 aliphatic heterocycles. The number of nitrogens with zero attached hydrogens (tertiary/aromatic N) is 1. The van der Waals surface area contributed by atoms with Crippen molar-refractivity contribution in [3.05, 3.63) is 68.5 Å². The number of hydrogen-bond acceptors (Lipinski definition) is 13. The first-order chi connectivity index (χ1) is 19.9. The number of aromatic amines is 1. The van der Waals surface area contributed by atoms with Gasteiger partial charge in [0.05, 0.1) is 18.3 Å². The molecule has 1 fully saturated rings. The second-order valence-corrected chi connectivity index (χ2v) is 13.1. The van der Waals surface area contributed by atoms with Crippen LogP contribution in [0.25, 0.3) is 6.08 Å². The molecule has 1 aliphatic rings. The van der Waals surface area contributed by atoms with Crippen LogP contribution in [0.5, 0.6) is 0 Å². The standard InChI is InChI=1S/C19H25BN3O17P3/c24-14-8-16(38-15(14)10-37-42(33,34)40-43(35,36)39-41(30,31)32)23-9-12(18(26)22-19(23)27)2-1-7-21-17(25)11-3-5-13(6-4-11)20(28)29/h1-6,9,14-16,24,28-29H,7-8,10H2,(H,21,25)(H,33,34)(H,35,36)(H,22,26,27)(H2,30,31,32)/b2-1+/t14-,15+,16+/m0/s1. The third-order valence-electron chi connectivity index (χ3n) is 5.48. The Morgan fingerprint density at radius 2 is 1.74 bits per heavy atom. The van der Waals surface area contributed by atoms with Crippen molar-refractivity contribution in [2.45, 2.75) is 24.9 Å². The van der Waals surface area contributed by atoms with E-state index >= 15 is 0 Å². The SMILES string of the molecule is O=C(NC/C=C/c1cn([C@H]2C[C@H](O)[C@@H](COP(=O)(O)OP(=O)(O)OP(=O)(O)O)O2)c(=O)[nH]c1=O)c1ccc(B(O)O)cc1. The van der Waals surface area contributed by atoms with Crippen LogP contribution >= 0.6 is 23.5 Å². The average molecular weight is 671 g/mol. The van der Waals surface area contributed by atoms with Crippen LogP contribution in [0.4, 0.5) is 0 Å². The molecule has 0 saturated carbocycles. The summed E-state index contributed by atoms with van der Waals surface area (Å²) in [4.78, 5) is 74.8. The summed E-state index contributed by atoms with van der Waals surface area (Å²) in [5.41, 5.74) is -1.40. The molecule has 0 radical (unpaired) electrons. The van der Waals surface area contributed by atoms with E-state index in [-0.39, 0.29) is 29.6 Å². The molecule has 2 unspecified atom stereocenters. The van der Waals surface area contributed by atoms with E-state index in [1.807, 2.05) is 4.98 Å². The molecule has 3 rings (SSSR count). The van der Waals surface area contributed by atoms with Crippen molar-refractivity contribution in [3.63, 3.8) is 0 Å².